The van der Waals surface area contributed by atoms with Gasteiger partial charge in [-0.15, -0.1) is 0 Å². The van der Waals surface area contributed by atoms with Crippen LogP contribution in [0.1, 0.15) is 16.7 Å². The summed E-state index contributed by atoms with van der Waals surface area (Å²) in [5.74, 6) is -0.297. The first-order valence-corrected chi connectivity index (χ1v) is 10.7. The maximum absolute atomic E-state index is 13.5. The van der Waals surface area contributed by atoms with Crippen molar-refractivity contribution in [2.75, 3.05) is 7.11 Å². The first kappa shape index (κ1) is 23.1. The molecule has 3 aromatic rings. The Kier molecular flexibility index (Phi) is 6.69. The molecule has 0 atom stereocenters. The van der Waals surface area contributed by atoms with E-state index in [1.54, 1.807) is 30.3 Å². The minimum absolute atomic E-state index is 0.00597. The maximum Gasteiger partial charge on any atom is 0.363 e. The Bertz CT molecular complexity index is 1340. The van der Waals surface area contributed by atoms with Crippen LogP contribution in [0.2, 0.25) is 0 Å². The molecule has 3 aromatic carbocycles. The topological polar surface area (TPSA) is 100 Å². The van der Waals surface area contributed by atoms with Crippen molar-refractivity contribution in [3.63, 3.8) is 0 Å². The van der Waals surface area contributed by atoms with Crippen molar-refractivity contribution in [1.82, 2.24) is 0 Å². The summed E-state index contributed by atoms with van der Waals surface area (Å²) >= 11 is 3.45. The molecule has 0 unspecified atom stereocenters. The van der Waals surface area contributed by atoms with Crippen molar-refractivity contribution in [2.24, 2.45) is 4.99 Å². The lowest BCUT2D eigenvalue weighted by Crippen LogP contribution is -2.05. The van der Waals surface area contributed by atoms with Gasteiger partial charge in [-0.05, 0) is 75.6 Å². The van der Waals surface area contributed by atoms with Gasteiger partial charge in [0.05, 0.1) is 16.5 Å². The highest BCUT2D eigenvalue weighted by atomic mass is 79.9. The molecule has 10 heteroatoms. The van der Waals surface area contributed by atoms with Gasteiger partial charge in [0, 0.05) is 17.7 Å². The minimum atomic E-state index is -0.659. The van der Waals surface area contributed by atoms with Crippen molar-refractivity contribution in [3.05, 3.63) is 103 Å². The summed E-state index contributed by atoms with van der Waals surface area (Å²) in [6.45, 7) is 0.154. The fourth-order valence-electron chi connectivity index (χ4n) is 3.14. The lowest BCUT2D eigenvalue weighted by molar-refractivity contribution is -0.384. The number of methoxy groups -OCH3 is 1. The Morgan fingerprint density at radius 3 is 2.62 bits per heavy atom. The summed E-state index contributed by atoms with van der Waals surface area (Å²) in [4.78, 5) is 26.8. The zero-order valence-electron chi connectivity index (χ0n) is 17.7. The van der Waals surface area contributed by atoms with Crippen molar-refractivity contribution >= 4 is 39.6 Å². The van der Waals surface area contributed by atoms with Crippen LogP contribution in [0.25, 0.3) is 6.08 Å². The fourth-order valence-corrected chi connectivity index (χ4v) is 3.72. The molecule has 1 aliphatic rings. The second-order valence-corrected chi connectivity index (χ2v) is 7.95. The van der Waals surface area contributed by atoms with Crippen molar-refractivity contribution in [2.45, 2.75) is 6.61 Å². The molecule has 4 rings (SSSR count). The molecule has 0 aliphatic carbocycles. The number of nitro groups is 1. The number of aliphatic imine (C=N–C) groups is 1. The van der Waals surface area contributed by atoms with Gasteiger partial charge in [-0.3, -0.25) is 10.1 Å². The van der Waals surface area contributed by atoms with Gasteiger partial charge < -0.3 is 14.2 Å². The number of non-ortho nitro benzene ring substituents is 1. The molecule has 0 saturated carbocycles. The summed E-state index contributed by atoms with van der Waals surface area (Å²) in [5, 5.41) is 10.8. The number of cyclic esters (lactones) is 1. The van der Waals surface area contributed by atoms with Crippen LogP contribution in [0.4, 0.5) is 10.1 Å². The van der Waals surface area contributed by atoms with E-state index in [0.717, 1.165) is 5.56 Å². The number of nitrogens with zero attached hydrogens (tertiary/aromatic N) is 2. The highest BCUT2D eigenvalue weighted by molar-refractivity contribution is 9.10. The quantitative estimate of drug-likeness (QED) is 0.176. The van der Waals surface area contributed by atoms with Crippen LogP contribution < -0.4 is 9.47 Å². The van der Waals surface area contributed by atoms with Crippen molar-refractivity contribution < 1.29 is 28.3 Å². The van der Waals surface area contributed by atoms with E-state index in [9.17, 15) is 19.3 Å². The molecule has 1 aliphatic heterocycles. The molecule has 0 bridgehead atoms. The third-order valence-electron chi connectivity index (χ3n) is 4.78. The Morgan fingerprint density at radius 2 is 1.94 bits per heavy atom. The predicted octanol–water partition coefficient (Wildman–Crippen LogP) is 5.43. The first-order valence-electron chi connectivity index (χ1n) is 9.86. The number of hydrogen-bond donors (Lipinski definition) is 0. The van der Waals surface area contributed by atoms with E-state index in [2.05, 4.69) is 20.9 Å². The van der Waals surface area contributed by atoms with Gasteiger partial charge in [0.1, 0.15) is 12.4 Å². The highest BCUT2D eigenvalue weighted by Gasteiger charge is 2.25. The lowest BCUT2D eigenvalue weighted by atomic mass is 10.1. The van der Waals surface area contributed by atoms with Gasteiger partial charge in [-0.2, -0.15) is 0 Å². The minimum Gasteiger partial charge on any atom is -0.493 e. The summed E-state index contributed by atoms with van der Waals surface area (Å²) in [6.07, 6.45) is 1.52. The Labute approximate surface area is 201 Å². The average Bonchev–Trinajstić information content (AvgIpc) is 3.18. The largest absolute Gasteiger partial charge is 0.493 e. The van der Waals surface area contributed by atoms with Crippen LogP contribution in [0, 0.1) is 15.9 Å². The third-order valence-corrected chi connectivity index (χ3v) is 5.37. The number of carbonyl (C=O) groups excluding carboxylic acids is 1. The number of benzene rings is 3. The number of carbonyl (C=O) groups is 1. The van der Waals surface area contributed by atoms with Gasteiger partial charge in [0.2, 0.25) is 5.90 Å². The molecule has 0 N–H and O–H groups in total. The second kappa shape index (κ2) is 9.84. The Hall–Kier alpha value is -4.05. The van der Waals surface area contributed by atoms with Gasteiger partial charge in [-0.1, -0.05) is 6.07 Å². The number of nitro benzene ring substituents is 1. The van der Waals surface area contributed by atoms with Gasteiger partial charge in [0.25, 0.3) is 5.69 Å². The zero-order valence-corrected chi connectivity index (χ0v) is 19.2. The lowest BCUT2D eigenvalue weighted by Gasteiger charge is -2.13. The van der Waals surface area contributed by atoms with Crippen LogP contribution in [0.15, 0.2) is 75.8 Å². The van der Waals surface area contributed by atoms with Crippen molar-refractivity contribution in [1.29, 1.82) is 0 Å². The van der Waals surface area contributed by atoms with Crippen LogP contribution >= 0.6 is 15.9 Å². The number of hydrogen-bond acceptors (Lipinski definition) is 7. The number of halogens is 2. The molecule has 0 amide bonds. The second-order valence-electron chi connectivity index (χ2n) is 7.09. The molecular formula is C24H16BrFN2O6. The molecule has 34 heavy (non-hydrogen) atoms. The van der Waals surface area contributed by atoms with E-state index in [0.29, 0.717) is 27.1 Å². The number of esters is 1. The van der Waals surface area contributed by atoms with Crippen LogP contribution in [0.3, 0.4) is 0 Å². The fraction of sp³-hybridized carbons (Fsp3) is 0.0833. The molecule has 0 saturated heterocycles. The van der Waals surface area contributed by atoms with Crippen LogP contribution in [0.5, 0.6) is 11.5 Å². The van der Waals surface area contributed by atoms with E-state index >= 15 is 0 Å². The molecule has 172 valence electrons. The molecular weight excluding hydrogens is 511 g/mol. The smallest absolute Gasteiger partial charge is 0.363 e. The number of ether oxygens (including phenoxy) is 3. The molecule has 8 nitrogen and oxygen atoms in total. The normalized spacial score (nSPS) is 14.0. The number of rotatable bonds is 7. The zero-order chi connectivity index (χ0) is 24.2. The third kappa shape index (κ3) is 5.12. The molecule has 0 aromatic heterocycles. The standard InChI is InChI=1S/C24H16BrFN2O6/c1-32-21-11-15(10-20-24(29)34-23(27-20)16-3-2-4-17(26)12-16)9-19(25)22(21)33-13-14-5-7-18(8-6-14)28(30)31/h2-12H,13H2,1H3/b20-10-. The summed E-state index contributed by atoms with van der Waals surface area (Å²) in [7, 11) is 1.47. The van der Waals surface area contributed by atoms with E-state index < -0.39 is 16.7 Å². The van der Waals surface area contributed by atoms with Crippen LogP contribution in [-0.4, -0.2) is 23.9 Å². The maximum atomic E-state index is 13.5. The molecule has 0 fully saturated rings. The Balaban J connectivity index is 1.56. The summed E-state index contributed by atoms with van der Waals surface area (Å²) < 4.78 is 30.5. The van der Waals surface area contributed by atoms with Crippen molar-refractivity contribution in [3.8, 4) is 11.5 Å². The predicted molar refractivity (Wildman–Crippen MR) is 125 cm³/mol. The average molecular weight is 527 g/mol. The Morgan fingerprint density at radius 1 is 1.18 bits per heavy atom. The van der Waals surface area contributed by atoms with Gasteiger partial charge >= 0.3 is 5.97 Å². The van der Waals surface area contributed by atoms with Crippen LogP contribution in [-0.2, 0) is 16.1 Å². The molecule has 1 heterocycles. The van der Waals surface area contributed by atoms with E-state index in [4.69, 9.17) is 14.2 Å². The molecule has 0 spiro atoms. The van der Waals surface area contributed by atoms with Gasteiger partial charge in [-0.25, -0.2) is 14.2 Å². The monoisotopic (exact) mass is 526 g/mol. The SMILES string of the molecule is COc1cc(/C=C2\N=C(c3cccc(F)c3)OC2=O)cc(Br)c1OCc1ccc([N+](=O)[O-])cc1. The van der Waals surface area contributed by atoms with Gasteiger partial charge in [0.15, 0.2) is 17.2 Å². The van der Waals surface area contributed by atoms with E-state index in [1.165, 1.54) is 43.5 Å². The highest BCUT2D eigenvalue weighted by Crippen LogP contribution is 2.38. The summed E-state index contributed by atoms with van der Waals surface area (Å²) in [6, 6.07) is 15.0. The van der Waals surface area contributed by atoms with E-state index in [-0.39, 0.29) is 23.9 Å². The summed E-state index contributed by atoms with van der Waals surface area (Å²) in [5.41, 5.74) is 1.72. The molecule has 0 radical (unpaired) electrons. The van der Waals surface area contributed by atoms with E-state index in [1.807, 2.05) is 0 Å². The first-order chi connectivity index (χ1) is 16.3.